The van der Waals surface area contributed by atoms with Crippen molar-refractivity contribution in [1.29, 1.82) is 0 Å². The van der Waals surface area contributed by atoms with Gasteiger partial charge in [0.2, 0.25) is 11.7 Å². The number of aromatic hydroxyl groups is 1. The number of benzene rings is 1. The van der Waals surface area contributed by atoms with Crippen LogP contribution in [0.15, 0.2) is 28.8 Å². The van der Waals surface area contributed by atoms with Crippen LogP contribution in [0.3, 0.4) is 0 Å². The van der Waals surface area contributed by atoms with Crippen LogP contribution in [0.2, 0.25) is 0 Å². The molecular weight excluding hydrogens is 240 g/mol. The van der Waals surface area contributed by atoms with Crippen LogP contribution in [0.4, 0.5) is 0 Å². The first-order valence-corrected chi connectivity index (χ1v) is 6.96. The Morgan fingerprint density at radius 1 is 1.11 bits per heavy atom. The summed E-state index contributed by atoms with van der Waals surface area (Å²) in [6.45, 7) is 0. The Kier molecular flexibility index (Phi) is 3.49. The van der Waals surface area contributed by atoms with Crippen LogP contribution in [0, 0.1) is 0 Å². The minimum absolute atomic E-state index is 0.221. The Labute approximate surface area is 112 Å². The molecule has 1 aromatic carbocycles. The van der Waals surface area contributed by atoms with Crippen molar-refractivity contribution in [3.05, 3.63) is 30.2 Å². The van der Waals surface area contributed by atoms with Crippen molar-refractivity contribution in [3.8, 4) is 17.1 Å². The number of hydrogen-bond donors (Lipinski definition) is 1. The number of phenolic OH excluding ortho intramolecular Hbond substituents is 1. The second-order valence-corrected chi connectivity index (χ2v) is 5.20. The van der Waals surface area contributed by atoms with Gasteiger partial charge in [0, 0.05) is 11.5 Å². The monoisotopic (exact) mass is 258 g/mol. The molecule has 1 saturated carbocycles. The summed E-state index contributed by atoms with van der Waals surface area (Å²) >= 11 is 0. The molecule has 0 bridgehead atoms. The quantitative estimate of drug-likeness (QED) is 0.830. The van der Waals surface area contributed by atoms with E-state index in [9.17, 15) is 5.11 Å². The van der Waals surface area contributed by atoms with Crippen LogP contribution >= 0.6 is 0 Å². The standard InChI is InChI=1S/C15H18N2O2/c18-13-9-5-8-12(10-13)14-16-15(19-17-14)11-6-3-1-2-4-7-11/h5,8-11,18H,1-4,6-7H2. The zero-order valence-electron chi connectivity index (χ0n) is 10.9. The second-order valence-electron chi connectivity index (χ2n) is 5.20. The lowest BCUT2D eigenvalue weighted by Crippen LogP contribution is -1.97. The van der Waals surface area contributed by atoms with Crippen LogP contribution in [-0.2, 0) is 0 Å². The van der Waals surface area contributed by atoms with Crippen molar-refractivity contribution in [2.24, 2.45) is 0 Å². The van der Waals surface area contributed by atoms with Gasteiger partial charge in [-0.05, 0) is 25.0 Å². The highest BCUT2D eigenvalue weighted by Crippen LogP contribution is 2.31. The van der Waals surface area contributed by atoms with Crippen LogP contribution < -0.4 is 0 Å². The van der Waals surface area contributed by atoms with E-state index in [1.54, 1.807) is 18.2 Å². The molecule has 0 saturated heterocycles. The molecule has 1 fully saturated rings. The Hall–Kier alpha value is -1.84. The number of nitrogens with zero attached hydrogens (tertiary/aromatic N) is 2. The molecule has 0 amide bonds. The fourth-order valence-electron chi connectivity index (χ4n) is 2.69. The third-order valence-electron chi connectivity index (χ3n) is 3.75. The SMILES string of the molecule is Oc1cccc(-c2noc(C3CCCCCC3)n2)c1. The van der Waals surface area contributed by atoms with Gasteiger partial charge in [0.1, 0.15) is 5.75 Å². The van der Waals surface area contributed by atoms with Crippen molar-refractivity contribution in [3.63, 3.8) is 0 Å². The molecule has 1 N–H and O–H groups in total. The maximum atomic E-state index is 9.48. The summed E-state index contributed by atoms with van der Waals surface area (Å²) in [5.41, 5.74) is 0.795. The molecular formula is C15H18N2O2. The normalized spacial score (nSPS) is 17.3. The summed E-state index contributed by atoms with van der Waals surface area (Å²) in [7, 11) is 0. The average Bonchev–Trinajstić information content (AvgIpc) is 2.75. The number of hydrogen-bond acceptors (Lipinski definition) is 4. The van der Waals surface area contributed by atoms with Gasteiger partial charge in [0.15, 0.2) is 0 Å². The van der Waals surface area contributed by atoms with E-state index in [0.717, 1.165) is 24.3 Å². The Morgan fingerprint density at radius 3 is 2.63 bits per heavy atom. The third kappa shape index (κ3) is 2.78. The summed E-state index contributed by atoms with van der Waals surface area (Å²) in [6.07, 6.45) is 7.39. The zero-order chi connectivity index (χ0) is 13.1. The van der Waals surface area contributed by atoms with Crippen LogP contribution in [-0.4, -0.2) is 15.2 Å². The first-order chi connectivity index (χ1) is 9.33. The van der Waals surface area contributed by atoms with Gasteiger partial charge >= 0.3 is 0 Å². The van der Waals surface area contributed by atoms with Gasteiger partial charge in [0.25, 0.3) is 0 Å². The van der Waals surface area contributed by atoms with Crippen molar-refractivity contribution in [2.45, 2.75) is 44.4 Å². The maximum absolute atomic E-state index is 9.48. The first-order valence-electron chi connectivity index (χ1n) is 6.96. The molecule has 1 heterocycles. The smallest absolute Gasteiger partial charge is 0.230 e. The predicted octanol–water partition coefficient (Wildman–Crippen LogP) is 3.88. The summed E-state index contributed by atoms with van der Waals surface area (Å²) in [5.74, 6) is 1.94. The molecule has 0 atom stereocenters. The van der Waals surface area contributed by atoms with Gasteiger partial charge in [-0.25, -0.2) is 0 Å². The first kappa shape index (κ1) is 12.2. The molecule has 0 aliphatic heterocycles. The van der Waals surface area contributed by atoms with E-state index in [2.05, 4.69) is 10.1 Å². The highest BCUT2D eigenvalue weighted by molar-refractivity contribution is 5.56. The molecule has 100 valence electrons. The minimum atomic E-state index is 0.221. The van der Waals surface area contributed by atoms with Crippen LogP contribution in [0.5, 0.6) is 5.75 Å². The molecule has 4 heteroatoms. The molecule has 0 radical (unpaired) electrons. The van der Waals surface area contributed by atoms with E-state index in [0.29, 0.717) is 11.7 Å². The Morgan fingerprint density at radius 2 is 1.89 bits per heavy atom. The summed E-state index contributed by atoms with van der Waals surface area (Å²) in [4.78, 5) is 4.50. The molecule has 2 aromatic rings. The van der Waals surface area contributed by atoms with E-state index in [-0.39, 0.29) is 5.75 Å². The van der Waals surface area contributed by atoms with E-state index in [4.69, 9.17) is 4.52 Å². The molecule has 4 nitrogen and oxygen atoms in total. The van der Waals surface area contributed by atoms with Crippen molar-refractivity contribution in [1.82, 2.24) is 10.1 Å². The van der Waals surface area contributed by atoms with E-state index >= 15 is 0 Å². The number of rotatable bonds is 2. The summed E-state index contributed by atoms with van der Waals surface area (Å²) < 4.78 is 5.41. The van der Waals surface area contributed by atoms with Crippen LogP contribution in [0.1, 0.15) is 50.3 Å². The second kappa shape index (κ2) is 5.43. The van der Waals surface area contributed by atoms with E-state index in [1.165, 1.54) is 25.7 Å². The molecule has 0 spiro atoms. The summed E-state index contributed by atoms with van der Waals surface area (Å²) in [6, 6.07) is 6.95. The third-order valence-corrected chi connectivity index (χ3v) is 3.75. The van der Waals surface area contributed by atoms with Gasteiger partial charge in [-0.15, -0.1) is 0 Å². The maximum Gasteiger partial charge on any atom is 0.230 e. The summed E-state index contributed by atoms with van der Waals surface area (Å²) in [5, 5.41) is 13.5. The molecule has 0 unspecified atom stereocenters. The minimum Gasteiger partial charge on any atom is -0.508 e. The van der Waals surface area contributed by atoms with Gasteiger partial charge in [-0.2, -0.15) is 4.98 Å². The fourth-order valence-corrected chi connectivity index (χ4v) is 2.69. The fraction of sp³-hybridized carbons (Fsp3) is 0.467. The van der Waals surface area contributed by atoms with Crippen molar-refractivity contribution >= 4 is 0 Å². The predicted molar refractivity (Wildman–Crippen MR) is 71.8 cm³/mol. The highest BCUT2D eigenvalue weighted by Gasteiger charge is 2.20. The largest absolute Gasteiger partial charge is 0.508 e. The van der Waals surface area contributed by atoms with E-state index in [1.807, 2.05) is 6.07 Å². The van der Waals surface area contributed by atoms with Crippen LogP contribution in [0.25, 0.3) is 11.4 Å². The lowest BCUT2D eigenvalue weighted by Gasteiger charge is -2.06. The van der Waals surface area contributed by atoms with Gasteiger partial charge < -0.3 is 9.63 Å². The molecule has 1 aliphatic carbocycles. The zero-order valence-corrected chi connectivity index (χ0v) is 10.9. The molecule has 3 rings (SSSR count). The average molecular weight is 258 g/mol. The highest BCUT2D eigenvalue weighted by atomic mass is 16.5. The van der Waals surface area contributed by atoms with Crippen molar-refractivity contribution < 1.29 is 9.63 Å². The lowest BCUT2D eigenvalue weighted by molar-refractivity contribution is 0.341. The Bertz CT molecular complexity index is 543. The van der Waals surface area contributed by atoms with Gasteiger partial charge in [-0.3, -0.25) is 0 Å². The van der Waals surface area contributed by atoms with Crippen molar-refractivity contribution in [2.75, 3.05) is 0 Å². The topological polar surface area (TPSA) is 59.2 Å². The molecule has 1 aromatic heterocycles. The van der Waals surface area contributed by atoms with Gasteiger partial charge in [-0.1, -0.05) is 43.0 Å². The number of aromatic nitrogens is 2. The van der Waals surface area contributed by atoms with Gasteiger partial charge in [0.05, 0.1) is 0 Å². The molecule has 1 aliphatic rings. The number of phenols is 1. The Balaban J connectivity index is 1.82. The van der Waals surface area contributed by atoms with E-state index < -0.39 is 0 Å². The lowest BCUT2D eigenvalue weighted by atomic mass is 10.0. The molecule has 19 heavy (non-hydrogen) atoms.